The molecule has 3 unspecified atom stereocenters. The fourth-order valence-electron chi connectivity index (χ4n) is 4.54. The van der Waals surface area contributed by atoms with Gasteiger partial charge in [0.15, 0.2) is 0 Å². The molecule has 2 aliphatic heterocycles. The molecular formula is C21H33N4O18P3S. The number of H-pyrrole nitrogens is 1. The van der Waals surface area contributed by atoms with E-state index in [4.69, 9.17) is 19.8 Å². The normalized spacial score (nSPS) is 23.8. The molecule has 8 N–H and O–H groups in total. The van der Waals surface area contributed by atoms with Gasteiger partial charge >= 0.3 is 29.2 Å². The molecule has 0 bridgehead atoms. The highest BCUT2D eigenvalue weighted by Gasteiger charge is 2.43. The average molecular weight is 754 g/mol. The van der Waals surface area contributed by atoms with Gasteiger partial charge in [0.2, 0.25) is 5.91 Å². The van der Waals surface area contributed by atoms with Gasteiger partial charge in [-0.3, -0.25) is 28.5 Å². The van der Waals surface area contributed by atoms with Gasteiger partial charge in [-0.05, 0) is 25.3 Å². The molecule has 2 aliphatic rings. The summed E-state index contributed by atoms with van der Waals surface area (Å²) in [6.45, 7) is 0.363. The van der Waals surface area contributed by atoms with Crippen LogP contribution in [0, 0.1) is 5.92 Å². The van der Waals surface area contributed by atoms with Crippen LogP contribution in [0.4, 0.5) is 0 Å². The van der Waals surface area contributed by atoms with Crippen LogP contribution in [-0.4, -0.2) is 93.9 Å². The van der Waals surface area contributed by atoms with Gasteiger partial charge in [0.05, 0.1) is 18.3 Å². The Hall–Kier alpha value is -1.88. The number of aromatic nitrogens is 2. The minimum absolute atomic E-state index is 0.0636. The van der Waals surface area contributed by atoms with Crippen molar-refractivity contribution in [1.82, 2.24) is 19.2 Å². The van der Waals surface area contributed by atoms with Crippen LogP contribution < -0.4 is 16.6 Å². The summed E-state index contributed by atoms with van der Waals surface area (Å²) in [6, 6.07) is 0. The number of phosphoric ester groups is 1. The molecule has 1 amide bonds. The van der Waals surface area contributed by atoms with E-state index in [2.05, 4.69) is 22.8 Å². The van der Waals surface area contributed by atoms with Crippen molar-refractivity contribution < 1.29 is 75.4 Å². The topological polar surface area (TPSA) is 323 Å². The molecule has 1 aromatic rings. The van der Waals surface area contributed by atoms with Crippen LogP contribution in [0.1, 0.15) is 43.9 Å². The first-order valence-electron chi connectivity index (χ1n) is 13.6. The maximum absolute atomic E-state index is 12.4. The zero-order chi connectivity index (χ0) is 35.0. The van der Waals surface area contributed by atoms with E-state index in [0.29, 0.717) is 32.4 Å². The second-order valence-electron chi connectivity index (χ2n) is 10.1. The summed E-state index contributed by atoms with van der Waals surface area (Å²) in [4.78, 5) is 87.4. The lowest BCUT2D eigenvalue weighted by atomic mass is 9.91. The molecule has 26 heteroatoms. The van der Waals surface area contributed by atoms with Gasteiger partial charge in [0.25, 0.3) is 5.56 Å². The van der Waals surface area contributed by atoms with Crippen molar-refractivity contribution in [3.8, 4) is 0 Å². The van der Waals surface area contributed by atoms with E-state index in [-0.39, 0.29) is 36.7 Å². The smallest absolute Gasteiger partial charge is 0.390 e. The maximum Gasteiger partial charge on any atom is 0.490 e. The van der Waals surface area contributed by atoms with Gasteiger partial charge in [0, 0.05) is 50.7 Å². The summed E-state index contributed by atoms with van der Waals surface area (Å²) in [5.41, 5.74) is -2.00. The lowest BCUT2D eigenvalue weighted by Gasteiger charge is -2.28. The highest BCUT2D eigenvalue weighted by atomic mass is 32.2. The summed E-state index contributed by atoms with van der Waals surface area (Å²) in [5, 5.41) is 21.4. The van der Waals surface area contributed by atoms with Gasteiger partial charge in [-0.2, -0.15) is 8.62 Å². The number of amides is 1. The summed E-state index contributed by atoms with van der Waals surface area (Å²) in [6.07, 6.45) is 0.559. The second-order valence-corrected chi connectivity index (χ2v) is 15.4. The number of ether oxygens (including phenoxy) is 1. The number of hydrogen-bond donors (Lipinski definition) is 8. The van der Waals surface area contributed by atoms with E-state index in [9.17, 15) is 47.8 Å². The number of piperidine rings is 1. The van der Waals surface area contributed by atoms with Crippen molar-refractivity contribution in [3.63, 3.8) is 0 Å². The first-order valence-corrected chi connectivity index (χ1v) is 18.8. The first-order chi connectivity index (χ1) is 21.9. The zero-order valence-corrected chi connectivity index (χ0v) is 27.6. The number of aromatic amines is 1. The molecule has 0 saturated carbocycles. The van der Waals surface area contributed by atoms with E-state index >= 15 is 0 Å². The van der Waals surface area contributed by atoms with Crippen LogP contribution in [0.15, 0.2) is 21.9 Å². The summed E-state index contributed by atoms with van der Waals surface area (Å²) < 4.78 is 57.9. The highest BCUT2D eigenvalue weighted by Crippen LogP contribution is 2.66. The molecule has 3 heterocycles. The highest BCUT2D eigenvalue weighted by molar-refractivity contribution is 7.92. The monoisotopic (exact) mass is 754 g/mol. The fraction of sp³-hybridized carbons (Fsp3) is 0.619. The van der Waals surface area contributed by atoms with Crippen LogP contribution in [0.2, 0.25) is 0 Å². The molecule has 3 rings (SSSR count). The zero-order valence-electron chi connectivity index (χ0n) is 24.1. The minimum atomic E-state index is -5.77. The van der Waals surface area contributed by atoms with E-state index in [1.807, 2.05) is 4.98 Å². The number of nitrogens with one attached hydrogen (secondary N) is 2. The molecule has 2 fully saturated rings. The van der Waals surface area contributed by atoms with Crippen molar-refractivity contribution in [2.24, 2.45) is 5.92 Å². The number of nitrogens with zero attached hydrogens (tertiary/aromatic N) is 2. The van der Waals surface area contributed by atoms with Gasteiger partial charge in [-0.1, -0.05) is 0 Å². The van der Waals surface area contributed by atoms with Gasteiger partial charge in [-0.15, -0.1) is 4.33 Å². The quantitative estimate of drug-likeness (QED) is 0.0194. The molecule has 47 heavy (non-hydrogen) atoms. The molecule has 2 saturated heterocycles. The standard InChI is InChI=1S/C21H33N4O18P3S/c26-15(13-5-8-24(9-6-13)47-41-31)2-1-7-22-18(28)4-3-14-11-25(21(30)23-20(14)29)19-10-16(27)17(40-19)12-39-45(35,36)43-46(37,38)42-44(32,33)34/h3-4,11,13,16-17,19,27,31H,1-2,5-10,12H2,(H,22,28)(H,35,36)(H,37,38)(H,23,29,30)(H2,32,33,34)/b4-3+/t16?,17-,19-/m1/s1. The number of aliphatic hydroxyl groups excluding tert-OH is 1. The third-order valence-corrected chi connectivity index (χ3v) is 11.1. The lowest BCUT2D eigenvalue weighted by Crippen LogP contribution is -2.33. The number of ketones is 1. The Labute approximate surface area is 269 Å². The number of rotatable bonds is 17. The van der Waals surface area contributed by atoms with Crippen molar-refractivity contribution >= 4 is 53.5 Å². The van der Waals surface area contributed by atoms with Crippen molar-refractivity contribution in [1.29, 1.82) is 0 Å². The predicted octanol–water partition coefficient (Wildman–Crippen LogP) is -0.228. The molecule has 0 spiro atoms. The Morgan fingerprint density at radius 1 is 1.11 bits per heavy atom. The lowest BCUT2D eigenvalue weighted by molar-refractivity contribution is -0.125. The molecule has 5 atom stereocenters. The Kier molecular flexibility index (Phi) is 14.5. The van der Waals surface area contributed by atoms with Crippen LogP contribution in [0.5, 0.6) is 0 Å². The minimum Gasteiger partial charge on any atom is -0.390 e. The van der Waals surface area contributed by atoms with Crippen LogP contribution in [0.3, 0.4) is 0 Å². The number of carbonyl (C=O) groups is 2. The van der Waals surface area contributed by atoms with Crippen LogP contribution in [0.25, 0.3) is 6.08 Å². The Balaban J connectivity index is 1.50. The molecule has 0 aliphatic carbocycles. The average Bonchev–Trinajstić information content (AvgIpc) is 3.32. The number of hydrogen-bond acceptors (Lipinski definition) is 16. The van der Waals surface area contributed by atoms with Crippen LogP contribution >= 0.6 is 35.7 Å². The molecule has 0 aromatic carbocycles. The summed E-state index contributed by atoms with van der Waals surface area (Å²) >= 11 is 0.817. The number of carbonyl (C=O) groups excluding carboxylic acids is 2. The largest absolute Gasteiger partial charge is 0.490 e. The van der Waals surface area contributed by atoms with Crippen molar-refractivity contribution in [2.75, 3.05) is 26.2 Å². The van der Waals surface area contributed by atoms with E-state index in [0.717, 1.165) is 35.1 Å². The molecule has 0 radical (unpaired) electrons. The van der Waals surface area contributed by atoms with Crippen molar-refractivity contribution in [2.45, 2.75) is 50.5 Å². The van der Waals surface area contributed by atoms with Gasteiger partial charge < -0.3 is 34.7 Å². The van der Waals surface area contributed by atoms with E-state index in [1.54, 1.807) is 4.31 Å². The Morgan fingerprint density at radius 3 is 2.43 bits per heavy atom. The summed E-state index contributed by atoms with van der Waals surface area (Å²) in [5.74, 6) is -0.650. The molecule has 1 aromatic heterocycles. The number of Topliss-reactive ketones (excluding diaryl/α,β-unsaturated/α-hetero) is 1. The van der Waals surface area contributed by atoms with Crippen molar-refractivity contribution in [3.05, 3.63) is 38.7 Å². The van der Waals surface area contributed by atoms with Gasteiger partial charge in [0.1, 0.15) is 30.3 Å². The SMILES string of the molecule is O=C(/C=C/c1cn([C@H]2CC(O)[C@@H](COP(=O)(O)OP(=O)(O)OP(=O)(O)O)O2)c(=O)[nH]c1=O)NCCCC(=O)C1CCN(SOO)CC1. The predicted molar refractivity (Wildman–Crippen MR) is 158 cm³/mol. The maximum atomic E-state index is 12.4. The first kappa shape index (κ1) is 39.6. The Morgan fingerprint density at radius 2 is 1.79 bits per heavy atom. The van der Waals surface area contributed by atoms with Crippen LogP contribution in [-0.2, 0) is 45.5 Å². The van der Waals surface area contributed by atoms with E-state index < -0.39 is 65.7 Å². The van der Waals surface area contributed by atoms with Gasteiger partial charge in [-0.25, -0.2) is 28.1 Å². The fourth-order valence-corrected chi connectivity index (χ4v) is 8.03. The molecular weight excluding hydrogens is 721 g/mol. The second kappa shape index (κ2) is 17.2. The number of aliphatic hydroxyl groups is 1. The molecule has 22 nitrogen and oxygen atoms in total. The van der Waals surface area contributed by atoms with E-state index in [1.165, 1.54) is 0 Å². The Bertz CT molecular complexity index is 1560. The third kappa shape index (κ3) is 13.2. The third-order valence-electron chi connectivity index (χ3n) is 6.69. The molecule has 266 valence electrons. The summed E-state index contributed by atoms with van der Waals surface area (Å²) in [7, 11) is -16.9. The number of phosphoric acid groups is 3.